The Bertz CT molecular complexity index is 422. The lowest BCUT2D eigenvalue weighted by atomic mass is 9.94. The van der Waals surface area contributed by atoms with E-state index in [-0.39, 0.29) is 11.9 Å². The van der Waals surface area contributed by atoms with Crippen molar-refractivity contribution in [2.75, 3.05) is 13.1 Å². The van der Waals surface area contributed by atoms with Crippen molar-refractivity contribution in [3.63, 3.8) is 0 Å². The Morgan fingerprint density at radius 1 is 1.14 bits per heavy atom. The fraction of sp³-hybridized carbons (Fsp3) is 0.611. The van der Waals surface area contributed by atoms with Crippen molar-refractivity contribution in [3.8, 4) is 0 Å². The highest BCUT2D eigenvalue weighted by atomic mass is 16.2. The summed E-state index contributed by atoms with van der Waals surface area (Å²) in [5.74, 6) is 0.164. The summed E-state index contributed by atoms with van der Waals surface area (Å²) in [4.78, 5) is 15.0. The summed E-state index contributed by atoms with van der Waals surface area (Å²) in [7, 11) is 0. The molecule has 3 nitrogen and oxygen atoms in total. The van der Waals surface area contributed by atoms with Crippen molar-refractivity contribution in [3.05, 3.63) is 35.9 Å². The number of hydrogen-bond donors (Lipinski definition) is 1. The molecule has 0 aromatic heterocycles. The number of carbonyl (C=O) groups excluding carboxylic acids is 1. The molecule has 0 bridgehead atoms. The predicted octanol–water partition coefficient (Wildman–Crippen LogP) is 3.52. The van der Waals surface area contributed by atoms with Crippen molar-refractivity contribution in [1.29, 1.82) is 0 Å². The average Bonchev–Trinajstić information content (AvgIpc) is 2.54. The number of rotatable bonds is 6. The molecule has 1 aliphatic carbocycles. The topological polar surface area (TPSA) is 32.3 Å². The number of nitrogens with zero attached hydrogens (tertiary/aromatic N) is 1. The lowest BCUT2D eigenvalue weighted by molar-refractivity contribution is -0.127. The van der Waals surface area contributed by atoms with Crippen molar-refractivity contribution in [2.24, 2.45) is 0 Å². The van der Waals surface area contributed by atoms with Gasteiger partial charge in [0, 0.05) is 6.04 Å². The summed E-state index contributed by atoms with van der Waals surface area (Å²) in [6, 6.07) is 10.4. The van der Waals surface area contributed by atoms with E-state index in [1.165, 1.54) is 19.3 Å². The van der Waals surface area contributed by atoms with E-state index in [0.29, 0.717) is 6.04 Å². The number of benzene rings is 1. The van der Waals surface area contributed by atoms with E-state index >= 15 is 0 Å². The third-order valence-electron chi connectivity index (χ3n) is 4.49. The van der Waals surface area contributed by atoms with Gasteiger partial charge in [-0.25, -0.2) is 0 Å². The van der Waals surface area contributed by atoms with Crippen LogP contribution in [-0.4, -0.2) is 29.9 Å². The van der Waals surface area contributed by atoms with Gasteiger partial charge < -0.3 is 5.32 Å². The summed E-state index contributed by atoms with van der Waals surface area (Å²) < 4.78 is 0. The number of nitrogens with one attached hydrogen (secondary N) is 1. The monoisotopic (exact) mass is 288 g/mol. The molecular weight excluding hydrogens is 260 g/mol. The van der Waals surface area contributed by atoms with Gasteiger partial charge in [0.1, 0.15) is 6.04 Å². The van der Waals surface area contributed by atoms with Gasteiger partial charge in [0.25, 0.3) is 0 Å². The minimum atomic E-state index is -0.164. The van der Waals surface area contributed by atoms with Crippen LogP contribution in [0.2, 0.25) is 0 Å². The van der Waals surface area contributed by atoms with Crippen LogP contribution in [0.4, 0.5) is 0 Å². The molecule has 1 aromatic rings. The van der Waals surface area contributed by atoms with E-state index in [9.17, 15) is 4.79 Å². The molecule has 1 atom stereocenters. The van der Waals surface area contributed by atoms with Gasteiger partial charge in [-0.3, -0.25) is 9.69 Å². The second kappa shape index (κ2) is 8.18. The van der Waals surface area contributed by atoms with Crippen molar-refractivity contribution < 1.29 is 4.79 Å². The van der Waals surface area contributed by atoms with Crippen LogP contribution in [0.3, 0.4) is 0 Å². The Balaban J connectivity index is 2.12. The maximum absolute atomic E-state index is 12.8. The Kier molecular flexibility index (Phi) is 6.24. The lowest BCUT2D eigenvalue weighted by Crippen LogP contribution is -2.45. The van der Waals surface area contributed by atoms with Crippen LogP contribution in [0.25, 0.3) is 0 Å². The smallest absolute Gasteiger partial charge is 0.242 e. The molecule has 21 heavy (non-hydrogen) atoms. The molecule has 0 saturated heterocycles. The predicted molar refractivity (Wildman–Crippen MR) is 87.1 cm³/mol. The van der Waals surface area contributed by atoms with Gasteiger partial charge >= 0.3 is 0 Å². The summed E-state index contributed by atoms with van der Waals surface area (Å²) in [6.45, 7) is 6.00. The molecule has 1 amide bonds. The molecule has 1 N–H and O–H groups in total. The fourth-order valence-electron chi connectivity index (χ4n) is 3.28. The van der Waals surface area contributed by atoms with E-state index in [2.05, 4.69) is 36.2 Å². The molecule has 0 aliphatic heterocycles. The Morgan fingerprint density at radius 2 is 1.76 bits per heavy atom. The Morgan fingerprint density at radius 3 is 2.33 bits per heavy atom. The van der Waals surface area contributed by atoms with E-state index < -0.39 is 0 Å². The van der Waals surface area contributed by atoms with E-state index in [1.54, 1.807) is 0 Å². The van der Waals surface area contributed by atoms with Crippen molar-refractivity contribution >= 4 is 5.91 Å². The molecule has 1 unspecified atom stereocenters. The minimum absolute atomic E-state index is 0.164. The first kappa shape index (κ1) is 16.0. The van der Waals surface area contributed by atoms with Crippen LogP contribution in [0.15, 0.2) is 30.3 Å². The molecule has 1 aromatic carbocycles. The minimum Gasteiger partial charge on any atom is -0.352 e. The third kappa shape index (κ3) is 4.31. The molecule has 116 valence electrons. The van der Waals surface area contributed by atoms with Crippen molar-refractivity contribution in [1.82, 2.24) is 10.2 Å². The van der Waals surface area contributed by atoms with Crippen LogP contribution in [0, 0.1) is 0 Å². The quantitative estimate of drug-likeness (QED) is 0.868. The fourth-order valence-corrected chi connectivity index (χ4v) is 3.28. The lowest BCUT2D eigenvalue weighted by Gasteiger charge is -2.31. The van der Waals surface area contributed by atoms with Crippen LogP contribution >= 0.6 is 0 Å². The SMILES string of the molecule is CCN(CC)C(C(=O)NC1CCCCC1)c1ccccc1. The normalized spacial score (nSPS) is 17.7. The highest BCUT2D eigenvalue weighted by Crippen LogP contribution is 2.23. The Labute approximate surface area is 128 Å². The van der Waals surface area contributed by atoms with Gasteiger partial charge in [0.05, 0.1) is 0 Å². The molecule has 0 heterocycles. The Hall–Kier alpha value is -1.35. The van der Waals surface area contributed by atoms with Crippen LogP contribution in [-0.2, 0) is 4.79 Å². The zero-order valence-corrected chi connectivity index (χ0v) is 13.3. The zero-order valence-electron chi connectivity index (χ0n) is 13.3. The van der Waals surface area contributed by atoms with Gasteiger partial charge in [-0.15, -0.1) is 0 Å². The molecule has 1 fully saturated rings. The molecule has 3 heteroatoms. The number of carbonyl (C=O) groups is 1. The van der Waals surface area contributed by atoms with Crippen LogP contribution in [0.5, 0.6) is 0 Å². The zero-order chi connectivity index (χ0) is 15.1. The third-order valence-corrected chi connectivity index (χ3v) is 4.49. The molecule has 2 rings (SSSR count). The highest BCUT2D eigenvalue weighted by Gasteiger charge is 2.27. The highest BCUT2D eigenvalue weighted by molar-refractivity contribution is 5.83. The molecule has 1 saturated carbocycles. The van der Waals surface area contributed by atoms with Crippen LogP contribution < -0.4 is 5.32 Å². The second-order valence-corrected chi connectivity index (χ2v) is 5.88. The average molecular weight is 288 g/mol. The molecule has 1 aliphatic rings. The van der Waals surface area contributed by atoms with E-state index in [0.717, 1.165) is 31.5 Å². The summed E-state index contributed by atoms with van der Waals surface area (Å²) in [5.41, 5.74) is 1.09. The number of amides is 1. The summed E-state index contributed by atoms with van der Waals surface area (Å²) in [6.07, 6.45) is 6.06. The summed E-state index contributed by atoms with van der Waals surface area (Å²) >= 11 is 0. The molecule has 0 radical (unpaired) electrons. The first-order chi connectivity index (χ1) is 10.3. The second-order valence-electron chi connectivity index (χ2n) is 5.88. The maximum Gasteiger partial charge on any atom is 0.242 e. The van der Waals surface area contributed by atoms with Gasteiger partial charge in [0.15, 0.2) is 0 Å². The first-order valence-corrected chi connectivity index (χ1v) is 8.35. The standard InChI is InChI=1S/C18H28N2O/c1-3-20(4-2)17(15-11-7-5-8-12-15)18(21)19-16-13-9-6-10-14-16/h5,7-8,11-12,16-17H,3-4,6,9-10,13-14H2,1-2H3,(H,19,21). The van der Waals surface area contributed by atoms with Gasteiger partial charge in [0.2, 0.25) is 5.91 Å². The van der Waals surface area contributed by atoms with Crippen LogP contribution in [0.1, 0.15) is 57.6 Å². The molecule has 0 spiro atoms. The van der Waals surface area contributed by atoms with E-state index in [1.807, 2.05) is 18.2 Å². The van der Waals surface area contributed by atoms with E-state index in [4.69, 9.17) is 0 Å². The van der Waals surface area contributed by atoms with Gasteiger partial charge in [-0.2, -0.15) is 0 Å². The summed E-state index contributed by atoms with van der Waals surface area (Å²) in [5, 5.41) is 3.29. The largest absolute Gasteiger partial charge is 0.352 e. The van der Waals surface area contributed by atoms with Crippen molar-refractivity contribution in [2.45, 2.75) is 58.0 Å². The van der Waals surface area contributed by atoms with Gasteiger partial charge in [-0.1, -0.05) is 63.4 Å². The number of likely N-dealkylation sites (N-methyl/N-ethyl adjacent to an activating group) is 1. The molecular formula is C18H28N2O. The maximum atomic E-state index is 12.8. The number of hydrogen-bond acceptors (Lipinski definition) is 2. The van der Waals surface area contributed by atoms with Gasteiger partial charge in [-0.05, 0) is 31.5 Å². The first-order valence-electron chi connectivity index (χ1n) is 8.35.